The number of aldehydes is 1. The first-order valence-electron chi connectivity index (χ1n) is 4.14. The molecule has 3 heteroatoms. The Balaban J connectivity index is 2.79. The van der Waals surface area contributed by atoms with Crippen LogP contribution < -0.4 is 10.5 Å². The zero-order valence-corrected chi connectivity index (χ0v) is 7.62. The molecule has 0 aliphatic rings. The highest BCUT2D eigenvalue weighted by Crippen LogP contribution is 2.22. The summed E-state index contributed by atoms with van der Waals surface area (Å²) in [7, 11) is 1.58. The molecule has 3 nitrogen and oxygen atoms in total. The fraction of sp³-hybridized carbons (Fsp3) is 0.300. The van der Waals surface area contributed by atoms with Crippen molar-refractivity contribution in [3.63, 3.8) is 0 Å². The molecule has 1 rings (SSSR count). The highest BCUT2D eigenvalue weighted by atomic mass is 16.5. The van der Waals surface area contributed by atoms with Gasteiger partial charge in [-0.15, -0.1) is 0 Å². The van der Waals surface area contributed by atoms with Crippen LogP contribution in [-0.2, 0) is 11.2 Å². The molecule has 1 aromatic rings. The zero-order chi connectivity index (χ0) is 9.68. The van der Waals surface area contributed by atoms with Crippen molar-refractivity contribution in [3.05, 3.63) is 23.8 Å². The smallest absolute Gasteiger partial charge is 0.142 e. The van der Waals surface area contributed by atoms with Crippen molar-refractivity contribution in [2.24, 2.45) is 0 Å². The van der Waals surface area contributed by atoms with Gasteiger partial charge in [0.15, 0.2) is 0 Å². The van der Waals surface area contributed by atoms with Gasteiger partial charge in [0.1, 0.15) is 12.0 Å². The molecule has 0 aromatic heterocycles. The summed E-state index contributed by atoms with van der Waals surface area (Å²) in [5.74, 6) is 0.670. The first-order chi connectivity index (χ1) is 6.27. The topological polar surface area (TPSA) is 52.3 Å². The van der Waals surface area contributed by atoms with Gasteiger partial charge < -0.3 is 15.3 Å². The number of nitrogen functional groups attached to an aromatic ring is 1. The Hall–Kier alpha value is -1.51. The minimum Gasteiger partial charge on any atom is -0.495 e. The molecule has 0 saturated heterocycles. The minimum absolute atomic E-state index is 0.535. The largest absolute Gasteiger partial charge is 0.495 e. The van der Waals surface area contributed by atoms with Gasteiger partial charge in [0.05, 0.1) is 12.8 Å². The molecule has 0 aliphatic heterocycles. The van der Waals surface area contributed by atoms with Crippen LogP contribution in [0.15, 0.2) is 18.2 Å². The molecule has 0 fully saturated rings. The number of ether oxygens (including phenoxy) is 1. The number of hydrogen-bond acceptors (Lipinski definition) is 3. The van der Waals surface area contributed by atoms with Crippen molar-refractivity contribution in [3.8, 4) is 5.75 Å². The molecule has 1 aromatic carbocycles. The second kappa shape index (κ2) is 4.50. The summed E-state index contributed by atoms with van der Waals surface area (Å²) in [5.41, 5.74) is 7.32. The standard InChI is InChI=1S/C10H13NO2/c1-13-10-7-8(3-2-6-12)4-5-9(10)11/h4-7H,2-3,11H2,1H3. The van der Waals surface area contributed by atoms with Gasteiger partial charge in [-0.1, -0.05) is 6.07 Å². The Labute approximate surface area is 77.5 Å². The lowest BCUT2D eigenvalue weighted by Crippen LogP contribution is -1.94. The third-order valence-electron chi connectivity index (χ3n) is 1.85. The van der Waals surface area contributed by atoms with Gasteiger partial charge in [0.25, 0.3) is 0 Å². The van der Waals surface area contributed by atoms with Crippen molar-refractivity contribution >= 4 is 12.0 Å². The number of carbonyl (C=O) groups is 1. The Morgan fingerprint density at radius 2 is 2.31 bits per heavy atom. The Kier molecular flexibility index (Phi) is 3.31. The fourth-order valence-corrected chi connectivity index (χ4v) is 1.14. The average Bonchev–Trinajstić information content (AvgIpc) is 2.16. The van der Waals surface area contributed by atoms with Gasteiger partial charge in [-0.2, -0.15) is 0 Å². The van der Waals surface area contributed by atoms with Crippen molar-refractivity contribution in [1.29, 1.82) is 0 Å². The number of hydrogen-bond donors (Lipinski definition) is 1. The van der Waals surface area contributed by atoms with Crippen molar-refractivity contribution in [2.75, 3.05) is 12.8 Å². The number of anilines is 1. The van der Waals surface area contributed by atoms with E-state index >= 15 is 0 Å². The Bertz CT molecular complexity index is 297. The van der Waals surface area contributed by atoms with Crippen LogP contribution in [-0.4, -0.2) is 13.4 Å². The van der Waals surface area contributed by atoms with E-state index in [1.54, 1.807) is 13.2 Å². The second-order valence-electron chi connectivity index (χ2n) is 2.78. The normalized spacial score (nSPS) is 9.62. The number of nitrogens with two attached hydrogens (primary N) is 1. The first-order valence-corrected chi connectivity index (χ1v) is 4.14. The summed E-state index contributed by atoms with van der Waals surface area (Å²) in [6.45, 7) is 0. The fourth-order valence-electron chi connectivity index (χ4n) is 1.14. The van der Waals surface area contributed by atoms with Gasteiger partial charge in [-0.25, -0.2) is 0 Å². The highest BCUT2D eigenvalue weighted by Gasteiger charge is 2.00. The molecule has 0 spiro atoms. The lowest BCUT2D eigenvalue weighted by Gasteiger charge is -2.05. The Morgan fingerprint density at radius 1 is 1.54 bits per heavy atom. The van der Waals surface area contributed by atoms with Crippen molar-refractivity contribution in [2.45, 2.75) is 12.8 Å². The van der Waals surface area contributed by atoms with Crippen molar-refractivity contribution in [1.82, 2.24) is 0 Å². The molecule has 0 saturated carbocycles. The number of methoxy groups -OCH3 is 1. The maximum absolute atomic E-state index is 10.1. The molecule has 0 bridgehead atoms. The van der Waals surface area contributed by atoms with Gasteiger partial charge in [-0.05, 0) is 24.1 Å². The van der Waals surface area contributed by atoms with Crippen molar-refractivity contribution < 1.29 is 9.53 Å². The Morgan fingerprint density at radius 3 is 2.92 bits per heavy atom. The van der Waals surface area contributed by atoms with Crippen LogP contribution >= 0.6 is 0 Å². The molecule has 0 amide bonds. The van der Waals surface area contributed by atoms with Crippen LogP contribution in [0.3, 0.4) is 0 Å². The summed E-state index contributed by atoms with van der Waals surface area (Å²) in [5, 5.41) is 0. The van der Waals surface area contributed by atoms with E-state index in [9.17, 15) is 4.79 Å². The molecule has 0 atom stereocenters. The van der Waals surface area contributed by atoms with Crippen LogP contribution in [0.2, 0.25) is 0 Å². The highest BCUT2D eigenvalue weighted by molar-refractivity contribution is 5.55. The summed E-state index contributed by atoms with van der Waals surface area (Å²) < 4.78 is 5.05. The van der Waals surface area contributed by atoms with E-state index < -0.39 is 0 Å². The average molecular weight is 179 g/mol. The summed E-state index contributed by atoms with van der Waals surface area (Å²) in [4.78, 5) is 10.1. The molecule has 13 heavy (non-hydrogen) atoms. The SMILES string of the molecule is COc1cc(CCC=O)ccc1N. The number of rotatable bonds is 4. The van der Waals surface area contributed by atoms with Crippen LogP contribution in [0.1, 0.15) is 12.0 Å². The molecule has 2 N–H and O–H groups in total. The van der Waals surface area contributed by atoms with E-state index in [-0.39, 0.29) is 0 Å². The number of carbonyl (C=O) groups excluding carboxylic acids is 1. The van der Waals surface area contributed by atoms with Crippen LogP contribution in [0.25, 0.3) is 0 Å². The van der Waals surface area contributed by atoms with E-state index in [1.165, 1.54) is 0 Å². The van der Waals surface area contributed by atoms with Gasteiger partial charge >= 0.3 is 0 Å². The van der Waals surface area contributed by atoms with Crippen LogP contribution in [0.4, 0.5) is 5.69 Å². The first kappa shape index (κ1) is 9.58. The molecule has 0 unspecified atom stereocenters. The van der Waals surface area contributed by atoms with E-state index in [2.05, 4.69) is 0 Å². The minimum atomic E-state index is 0.535. The van der Waals surface area contributed by atoms with Gasteiger partial charge in [-0.3, -0.25) is 0 Å². The zero-order valence-electron chi connectivity index (χ0n) is 7.62. The molecule has 0 aliphatic carbocycles. The maximum atomic E-state index is 10.1. The summed E-state index contributed by atoms with van der Waals surface area (Å²) in [6, 6.07) is 5.55. The molecule has 70 valence electrons. The summed E-state index contributed by atoms with van der Waals surface area (Å²) >= 11 is 0. The lowest BCUT2D eigenvalue weighted by atomic mass is 10.1. The number of benzene rings is 1. The lowest BCUT2D eigenvalue weighted by molar-refractivity contribution is -0.107. The molecule has 0 radical (unpaired) electrons. The van der Waals surface area contributed by atoms with E-state index in [0.29, 0.717) is 17.9 Å². The van der Waals surface area contributed by atoms with E-state index in [0.717, 1.165) is 18.3 Å². The predicted molar refractivity (Wildman–Crippen MR) is 51.8 cm³/mol. The molecular formula is C10H13NO2. The molecular weight excluding hydrogens is 166 g/mol. The summed E-state index contributed by atoms with van der Waals surface area (Å²) in [6.07, 6.45) is 2.18. The van der Waals surface area contributed by atoms with E-state index in [4.69, 9.17) is 10.5 Å². The quantitative estimate of drug-likeness (QED) is 0.561. The van der Waals surface area contributed by atoms with Crippen LogP contribution in [0, 0.1) is 0 Å². The third kappa shape index (κ3) is 2.47. The van der Waals surface area contributed by atoms with Crippen LogP contribution in [0.5, 0.6) is 5.75 Å². The van der Waals surface area contributed by atoms with Gasteiger partial charge in [0.2, 0.25) is 0 Å². The monoisotopic (exact) mass is 179 g/mol. The number of aryl methyl sites for hydroxylation is 1. The third-order valence-corrected chi connectivity index (χ3v) is 1.85. The maximum Gasteiger partial charge on any atom is 0.142 e. The second-order valence-corrected chi connectivity index (χ2v) is 2.78. The molecule has 0 heterocycles. The van der Waals surface area contributed by atoms with E-state index in [1.807, 2.05) is 12.1 Å². The van der Waals surface area contributed by atoms with Gasteiger partial charge in [0, 0.05) is 6.42 Å². The predicted octanol–water partition coefficient (Wildman–Crippen LogP) is 1.41.